The van der Waals surface area contributed by atoms with Gasteiger partial charge in [-0.15, -0.1) is 0 Å². The number of hydrogen-bond acceptors (Lipinski definition) is 3. The van der Waals surface area contributed by atoms with E-state index in [9.17, 15) is 4.79 Å². The van der Waals surface area contributed by atoms with Crippen molar-refractivity contribution in [3.63, 3.8) is 0 Å². The van der Waals surface area contributed by atoms with Gasteiger partial charge in [0, 0.05) is 0 Å². The topological polar surface area (TPSA) is 46.5 Å². The minimum atomic E-state index is -0.392. The van der Waals surface area contributed by atoms with E-state index in [0.717, 1.165) is 6.26 Å². The van der Waals surface area contributed by atoms with Crippen molar-refractivity contribution in [2.45, 2.75) is 6.42 Å². The number of rotatable bonds is 3. The van der Waals surface area contributed by atoms with Crippen LogP contribution in [-0.2, 0) is 4.79 Å². The number of aliphatic hydroxyl groups excluding tert-OH is 1. The van der Waals surface area contributed by atoms with Crippen LogP contribution in [0.5, 0.6) is 5.75 Å². The van der Waals surface area contributed by atoms with E-state index in [2.05, 4.69) is 0 Å². The van der Waals surface area contributed by atoms with Crippen LogP contribution >= 0.6 is 0 Å². The van der Waals surface area contributed by atoms with Gasteiger partial charge in [-0.1, -0.05) is 18.2 Å². The van der Waals surface area contributed by atoms with Gasteiger partial charge in [-0.05, 0) is 18.2 Å². The lowest BCUT2D eigenvalue weighted by Crippen LogP contribution is -2.05. The van der Waals surface area contributed by atoms with Crippen molar-refractivity contribution in [1.82, 2.24) is 0 Å². The predicted molar refractivity (Wildman–Crippen MR) is 48.5 cm³/mol. The maximum atomic E-state index is 11.0. The molecule has 13 heavy (non-hydrogen) atoms. The van der Waals surface area contributed by atoms with Gasteiger partial charge in [-0.2, -0.15) is 0 Å². The van der Waals surface area contributed by atoms with Crippen molar-refractivity contribution in [1.29, 1.82) is 0 Å². The van der Waals surface area contributed by atoms with Gasteiger partial charge in [-0.25, -0.2) is 0 Å². The van der Waals surface area contributed by atoms with Crippen LogP contribution in [0.2, 0.25) is 0 Å². The molecule has 0 radical (unpaired) electrons. The van der Waals surface area contributed by atoms with Gasteiger partial charge in [0.25, 0.3) is 0 Å². The molecule has 0 heterocycles. The molecule has 1 N–H and O–H groups in total. The van der Waals surface area contributed by atoms with Crippen molar-refractivity contribution in [3.8, 4) is 5.75 Å². The van der Waals surface area contributed by atoms with Crippen LogP contribution in [0, 0.1) is 0 Å². The number of carbonyl (C=O) groups is 1. The SMILES string of the molecule is O=C(CC=CO)Oc1ccccc1. The maximum Gasteiger partial charge on any atom is 0.315 e. The molecular weight excluding hydrogens is 168 g/mol. The summed E-state index contributed by atoms with van der Waals surface area (Å²) in [6.45, 7) is 0. The van der Waals surface area contributed by atoms with Gasteiger partial charge in [0.1, 0.15) is 5.75 Å². The van der Waals surface area contributed by atoms with Crippen LogP contribution in [0.3, 0.4) is 0 Å². The lowest BCUT2D eigenvalue weighted by Gasteiger charge is -2.00. The van der Waals surface area contributed by atoms with Crippen molar-refractivity contribution < 1.29 is 14.6 Å². The Morgan fingerprint density at radius 3 is 2.69 bits per heavy atom. The predicted octanol–water partition coefficient (Wildman–Crippen LogP) is 2.05. The minimum absolute atomic E-state index is 0.0748. The third-order valence-corrected chi connectivity index (χ3v) is 1.36. The van der Waals surface area contributed by atoms with Gasteiger partial charge in [0.2, 0.25) is 0 Å². The molecule has 0 fully saturated rings. The molecule has 1 aromatic carbocycles. The highest BCUT2D eigenvalue weighted by atomic mass is 16.5. The lowest BCUT2D eigenvalue weighted by molar-refractivity contribution is -0.133. The number of hydrogen-bond donors (Lipinski definition) is 1. The molecule has 0 amide bonds. The highest BCUT2D eigenvalue weighted by molar-refractivity contribution is 5.73. The van der Waals surface area contributed by atoms with Crippen LogP contribution in [0.15, 0.2) is 42.7 Å². The fraction of sp³-hybridized carbons (Fsp3) is 0.100. The summed E-state index contributed by atoms with van der Waals surface area (Å²) >= 11 is 0. The largest absolute Gasteiger partial charge is 0.516 e. The lowest BCUT2D eigenvalue weighted by atomic mass is 10.3. The van der Waals surface area contributed by atoms with Crippen LogP contribution in [0.25, 0.3) is 0 Å². The fourth-order valence-corrected chi connectivity index (χ4v) is 0.811. The van der Waals surface area contributed by atoms with Gasteiger partial charge < -0.3 is 9.84 Å². The summed E-state index contributed by atoms with van der Waals surface area (Å²) in [5, 5.41) is 8.29. The molecule has 0 saturated carbocycles. The third kappa shape index (κ3) is 3.42. The first-order chi connectivity index (χ1) is 6.33. The highest BCUT2D eigenvalue weighted by Gasteiger charge is 2.00. The van der Waals surface area contributed by atoms with E-state index >= 15 is 0 Å². The number of aliphatic hydroxyl groups is 1. The summed E-state index contributed by atoms with van der Waals surface area (Å²) in [5.74, 6) is 0.121. The number of carbonyl (C=O) groups excluding carboxylic acids is 1. The van der Waals surface area contributed by atoms with E-state index < -0.39 is 5.97 Å². The summed E-state index contributed by atoms with van der Waals surface area (Å²) in [6, 6.07) is 8.79. The van der Waals surface area contributed by atoms with Gasteiger partial charge >= 0.3 is 5.97 Å². The quantitative estimate of drug-likeness (QED) is 0.437. The Labute approximate surface area is 76.3 Å². The Kier molecular flexibility index (Phi) is 3.57. The van der Waals surface area contributed by atoms with E-state index in [0.29, 0.717) is 5.75 Å². The first-order valence-electron chi connectivity index (χ1n) is 3.88. The molecule has 0 aliphatic heterocycles. The van der Waals surface area contributed by atoms with Gasteiger partial charge in [0.15, 0.2) is 0 Å². The van der Waals surface area contributed by atoms with Crippen molar-refractivity contribution >= 4 is 5.97 Å². The number of benzene rings is 1. The normalized spacial score (nSPS) is 10.2. The van der Waals surface area contributed by atoms with E-state index in [-0.39, 0.29) is 6.42 Å². The molecule has 3 nitrogen and oxygen atoms in total. The first-order valence-corrected chi connectivity index (χ1v) is 3.88. The molecule has 1 aromatic rings. The zero-order chi connectivity index (χ0) is 9.52. The molecule has 0 aliphatic carbocycles. The van der Waals surface area contributed by atoms with E-state index in [1.807, 2.05) is 6.07 Å². The maximum absolute atomic E-state index is 11.0. The average molecular weight is 178 g/mol. The summed E-state index contributed by atoms with van der Waals surface area (Å²) < 4.78 is 4.92. The van der Waals surface area contributed by atoms with E-state index in [1.54, 1.807) is 24.3 Å². The van der Waals surface area contributed by atoms with Crippen molar-refractivity contribution in [3.05, 3.63) is 42.7 Å². The Morgan fingerprint density at radius 2 is 2.08 bits per heavy atom. The first kappa shape index (κ1) is 9.32. The molecule has 68 valence electrons. The van der Waals surface area contributed by atoms with Crippen LogP contribution in [-0.4, -0.2) is 11.1 Å². The average Bonchev–Trinajstić information content (AvgIpc) is 2.16. The molecule has 0 unspecified atom stereocenters. The fourth-order valence-electron chi connectivity index (χ4n) is 0.811. The highest BCUT2D eigenvalue weighted by Crippen LogP contribution is 2.08. The second-order valence-electron chi connectivity index (χ2n) is 2.38. The van der Waals surface area contributed by atoms with Crippen molar-refractivity contribution in [2.75, 3.05) is 0 Å². The van der Waals surface area contributed by atoms with E-state index in [4.69, 9.17) is 9.84 Å². The van der Waals surface area contributed by atoms with Crippen molar-refractivity contribution in [2.24, 2.45) is 0 Å². The standard InChI is InChI=1S/C10H10O3/c11-8-4-7-10(12)13-9-5-2-1-3-6-9/h1-6,8,11H,7H2. The molecule has 0 aliphatic rings. The summed E-state index contributed by atoms with van der Waals surface area (Å²) in [4.78, 5) is 11.0. The van der Waals surface area contributed by atoms with Crippen LogP contribution < -0.4 is 4.74 Å². The zero-order valence-corrected chi connectivity index (χ0v) is 7.01. The van der Waals surface area contributed by atoms with Gasteiger partial charge in [0.05, 0.1) is 12.7 Å². The molecule has 0 bridgehead atoms. The summed E-state index contributed by atoms with van der Waals surface area (Å²) in [7, 11) is 0. The molecule has 0 atom stereocenters. The Hall–Kier alpha value is -1.77. The molecule has 0 spiro atoms. The molecule has 0 saturated heterocycles. The molecular formula is C10H10O3. The monoisotopic (exact) mass is 178 g/mol. The summed E-state index contributed by atoms with van der Waals surface area (Å²) in [5.41, 5.74) is 0. The molecule has 3 heteroatoms. The molecule has 1 rings (SSSR count). The molecule has 0 aromatic heterocycles. The second-order valence-corrected chi connectivity index (χ2v) is 2.38. The zero-order valence-electron chi connectivity index (χ0n) is 7.01. The minimum Gasteiger partial charge on any atom is -0.516 e. The third-order valence-electron chi connectivity index (χ3n) is 1.36. The number of ether oxygens (including phenoxy) is 1. The summed E-state index contributed by atoms with van der Waals surface area (Å²) in [6.07, 6.45) is 2.23. The number of para-hydroxylation sites is 1. The Morgan fingerprint density at radius 1 is 1.38 bits per heavy atom. The second kappa shape index (κ2) is 4.98. The van der Waals surface area contributed by atoms with Crippen LogP contribution in [0.4, 0.5) is 0 Å². The van der Waals surface area contributed by atoms with Gasteiger partial charge in [-0.3, -0.25) is 4.79 Å². The Bertz CT molecular complexity index is 290. The Balaban J connectivity index is 2.46. The smallest absolute Gasteiger partial charge is 0.315 e. The number of esters is 1. The van der Waals surface area contributed by atoms with E-state index in [1.165, 1.54) is 6.08 Å². The van der Waals surface area contributed by atoms with Crippen LogP contribution in [0.1, 0.15) is 6.42 Å².